The molecule has 8 heteroatoms. The van der Waals surface area contributed by atoms with Gasteiger partial charge in [0.25, 0.3) is 0 Å². The maximum atomic E-state index is 13.8. The van der Waals surface area contributed by atoms with Gasteiger partial charge in [-0.05, 0) is 46.2 Å². The van der Waals surface area contributed by atoms with Crippen molar-refractivity contribution in [2.24, 2.45) is 0 Å². The molecule has 0 aliphatic rings. The monoisotopic (exact) mass is 454 g/mol. The van der Waals surface area contributed by atoms with E-state index in [9.17, 15) is 29.0 Å². The number of carboxylic acid groups (broad SMARTS) is 1. The average Bonchev–Trinajstić information content (AvgIpc) is 2.66. The predicted molar refractivity (Wildman–Crippen MR) is 125 cm³/mol. The van der Waals surface area contributed by atoms with Crippen molar-refractivity contribution in [1.29, 1.82) is 0 Å². The van der Waals surface area contributed by atoms with E-state index in [-0.39, 0.29) is 22.1 Å². The molecule has 0 spiro atoms. The number of aromatic carboxylic acids is 1. The Balaban J connectivity index is 2.21. The number of aromatic nitrogens is 1. The van der Waals surface area contributed by atoms with Gasteiger partial charge in [0, 0.05) is 23.3 Å². The van der Waals surface area contributed by atoms with Crippen molar-refractivity contribution in [3.8, 4) is 5.75 Å². The lowest BCUT2D eigenvalue weighted by atomic mass is 9.79. The third-order valence-corrected chi connectivity index (χ3v) is 5.41. The van der Waals surface area contributed by atoms with Gasteiger partial charge in [-0.15, -0.1) is 0 Å². The summed E-state index contributed by atoms with van der Waals surface area (Å²) in [7, 11) is 0. The summed E-state index contributed by atoms with van der Waals surface area (Å²) < 4.78 is 14.7. The zero-order valence-electron chi connectivity index (χ0n) is 19.4. The van der Waals surface area contributed by atoms with Gasteiger partial charge < -0.3 is 15.5 Å². The van der Waals surface area contributed by atoms with Gasteiger partial charge in [0.05, 0.1) is 5.52 Å². The van der Waals surface area contributed by atoms with Crippen molar-refractivity contribution >= 4 is 28.6 Å². The van der Waals surface area contributed by atoms with Crippen LogP contribution in [0.1, 0.15) is 63.0 Å². The largest absolute Gasteiger partial charge is 0.508 e. The number of hydrogen-bond acceptors (Lipinski definition) is 4. The van der Waals surface area contributed by atoms with Crippen LogP contribution in [0.4, 0.5) is 14.9 Å². The molecule has 3 N–H and O–H groups in total. The second kappa shape index (κ2) is 8.03. The van der Waals surface area contributed by atoms with Crippen molar-refractivity contribution in [2.75, 3.05) is 5.32 Å². The first kappa shape index (κ1) is 24.0. The molecule has 0 bridgehead atoms. The van der Waals surface area contributed by atoms with E-state index < -0.39 is 34.2 Å². The molecule has 174 valence electrons. The van der Waals surface area contributed by atoms with Crippen LogP contribution in [0.25, 0.3) is 10.9 Å². The fraction of sp³-hybridized carbons (Fsp3) is 0.320. The summed E-state index contributed by atoms with van der Waals surface area (Å²) in [6.45, 7) is 11.8. The van der Waals surface area contributed by atoms with E-state index in [0.717, 1.165) is 28.5 Å². The standard InChI is InChI=1S/C25H27FN2O5/c1-24(2,3)16-10-17(25(4,5)6)20(29)11-18(16)27-23(33)28-12-15(22(31)32)21(30)14-9-13(26)7-8-19(14)28/h7-12,29H,1-6H3,(H,27,33)(H,31,32). The van der Waals surface area contributed by atoms with Crippen LogP contribution in [0.5, 0.6) is 5.75 Å². The summed E-state index contributed by atoms with van der Waals surface area (Å²) >= 11 is 0. The number of pyridine rings is 1. The Hall–Kier alpha value is -3.68. The highest BCUT2D eigenvalue weighted by atomic mass is 19.1. The van der Waals surface area contributed by atoms with E-state index in [0.29, 0.717) is 11.3 Å². The molecule has 1 heterocycles. The first-order valence-electron chi connectivity index (χ1n) is 10.4. The fourth-order valence-corrected chi connectivity index (χ4v) is 3.71. The Labute approximate surface area is 190 Å². The first-order valence-corrected chi connectivity index (χ1v) is 10.4. The molecule has 1 amide bonds. The van der Waals surface area contributed by atoms with E-state index in [2.05, 4.69) is 5.32 Å². The molecule has 7 nitrogen and oxygen atoms in total. The lowest BCUT2D eigenvalue weighted by molar-refractivity contribution is 0.0695. The van der Waals surface area contributed by atoms with Crippen molar-refractivity contribution in [1.82, 2.24) is 4.57 Å². The number of carboxylic acids is 1. The summed E-state index contributed by atoms with van der Waals surface area (Å²) in [4.78, 5) is 37.3. The molecule has 0 unspecified atom stereocenters. The van der Waals surface area contributed by atoms with Crippen molar-refractivity contribution in [3.63, 3.8) is 0 Å². The first-order chi connectivity index (χ1) is 15.1. The van der Waals surface area contributed by atoms with E-state index >= 15 is 0 Å². The minimum absolute atomic E-state index is 0.00357. The van der Waals surface area contributed by atoms with Crippen LogP contribution in [0.3, 0.4) is 0 Å². The van der Waals surface area contributed by atoms with Gasteiger partial charge in [-0.1, -0.05) is 41.5 Å². The summed E-state index contributed by atoms with van der Waals surface area (Å²) in [5.41, 5.74) is -0.440. The average molecular weight is 454 g/mol. The van der Waals surface area contributed by atoms with E-state index in [1.165, 1.54) is 12.1 Å². The third kappa shape index (κ3) is 4.60. The number of anilines is 1. The van der Waals surface area contributed by atoms with E-state index in [1.807, 2.05) is 47.6 Å². The number of phenols is 1. The van der Waals surface area contributed by atoms with Crippen molar-refractivity contribution < 1.29 is 24.2 Å². The van der Waals surface area contributed by atoms with Crippen LogP contribution < -0.4 is 10.7 Å². The number of amides is 1. The Morgan fingerprint density at radius 2 is 1.58 bits per heavy atom. The van der Waals surface area contributed by atoms with Gasteiger partial charge in [0.15, 0.2) is 0 Å². The van der Waals surface area contributed by atoms with Gasteiger partial charge in [-0.3, -0.25) is 9.36 Å². The number of rotatable bonds is 2. The molecule has 0 aliphatic carbocycles. The minimum atomic E-state index is -1.53. The molecule has 2 aromatic carbocycles. The van der Waals surface area contributed by atoms with Crippen molar-refractivity contribution in [2.45, 2.75) is 52.4 Å². The number of fused-ring (bicyclic) bond motifs is 1. The number of aromatic hydroxyl groups is 1. The smallest absolute Gasteiger partial charge is 0.341 e. The SMILES string of the molecule is CC(C)(C)c1cc(C(C)(C)C)c(NC(=O)n2cc(C(=O)O)c(=O)c3cc(F)ccc32)cc1O. The Bertz CT molecular complexity index is 1340. The van der Waals surface area contributed by atoms with Crippen LogP contribution in [-0.4, -0.2) is 26.8 Å². The van der Waals surface area contributed by atoms with Gasteiger partial charge in [-0.25, -0.2) is 14.0 Å². The van der Waals surface area contributed by atoms with Crippen LogP contribution in [0.2, 0.25) is 0 Å². The molecule has 0 atom stereocenters. The van der Waals surface area contributed by atoms with Crippen LogP contribution in [-0.2, 0) is 10.8 Å². The van der Waals surface area contributed by atoms with Crippen LogP contribution in [0.15, 0.2) is 41.3 Å². The Morgan fingerprint density at radius 1 is 0.970 bits per heavy atom. The zero-order chi connectivity index (χ0) is 24.9. The highest BCUT2D eigenvalue weighted by Crippen LogP contribution is 2.39. The Morgan fingerprint density at radius 3 is 2.12 bits per heavy atom. The number of phenolic OH excluding ortho intramolecular Hbond substituents is 1. The maximum Gasteiger partial charge on any atom is 0.341 e. The highest BCUT2D eigenvalue weighted by molar-refractivity contribution is 6.01. The lowest BCUT2D eigenvalue weighted by Gasteiger charge is -2.28. The zero-order valence-corrected chi connectivity index (χ0v) is 19.4. The minimum Gasteiger partial charge on any atom is -0.508 e. The molecule has 3 rings (SSSR count). The molecular weight excluding hydrogens is 427 g/mol. The van der Waals surface area contributed by atoms with Gasteiger partial charge >= 0.3 is 12.0 Å². The van der Waals surface area contributed by atoms with Crippen LogP contribution in [0, 0.1) is 5.82 Å². The second-order valence-corrected chi connectivity index (χ2v) is 10.1. The topological polar surface area (TPSA) is 109 Å². The third-order valence-electron chi connectivity index (χ3n) is 5.41. The predicted octanol–water partition coefficient (Wildman–Crippen LogP) is 5.22. The van der Waals surface area contributed by atoms with Crippen molar-refractivity contribution in [3.05, 3.63) is 69.3 Å². The lowest BCUT2D eigenvalue weighted by Crippen LogP contribution is -2.27. The molecule has 0 fully saturated rings. The number of halogens is 1. The number of nitrogens with one attached hydrogen (secondary N) is 1. The summed E-state index contributed by atoms with van der Waals surface area (Å²) in [5.74, 6) is -2.26. The maximum absolute atomic E-state index is 13.8. The number of carbonyl (C=O) groups excluding carboxylic acids is 1. The Kier molecular flexibility index (Phi) is 5.83. The molecule has 0 aliphatic heterocycles. The molecule has 1 aromatic heterocycles. The van der Waals surface area contributed by atoms with Gasteiger partial charge in [0.2, 0.25) is 5.43 Å². The summed E-state index contributed by atoms with van der Waals surface area (Å²) in [6.07, 6.45) is 0.917. The molecular formula is C25H27FN2O5. The summed E-state index contributed by atoms with van der Waals surface area (Å²) in [6, 6.07) is 5.76. The van der Waals surface area contributed by atoms with E-state index in [1.54, 1.807) is 0 Å². The number of nitrogens with zero attached hydrogens (tertiary/aromatic N) is 1. The molecule has 0 saturated carbocycles. The quantitative estimate of drug-likeness (QED) is 0.492. The van der Waals surface area contributed by atoms with Gasteiger partial charge in [-0.2, -0.15) is 0 Å². The molecule has 0 saturated heterocycles. The van der Waals surface area contributed by atoms with Crippen LogP contribution >= 0.6 is 0 Å². The number of carbonyl (C=O) groups is 2. The molecule has 3 aromatic rings. The normalized spacial score (nSPS) is 12.1. The number of hydrogen-bond donors (Lipinski definition) is 3. The van der Waals surface area contributed by atoms with E-state index in [4.69, 9.17) is 0 Å². The molecule has 33 heavy (non-hydrogen) atoms. The number of benzene rings is 2. The highest BCUT2D eigenvalue weighted by Gasteiger charge is 2.27. The van der Waals surface area contributed by atoms with Gasteiger partial charge in [0.1, 0.15) is 17.1 Å². The molecule has 0 radical (unpaired) electrons. The second-order valence-electron chi connectivity index (χ2n) is 10.1. The fourth-order valence-electron chi connectivity index (χ4n) is 3.71. The summed E-state index contributed by atoms with van der Waals surface area (Å²) in [5, 5.41) is 22.5.